The van der Waals surface area contributed by atoms with Crippen molar-refractivity contribution in [2.75, 3.05) is 39.3 Å². The third-order valence-electron chi connectivity index (χ3n) is 3.90. The maximum absolute atomic E-state index is 12.1. The van der Waals surface area contributed by atoms with Gasteiger partial charge in [-0.25, -0.2) is 0 Å². The lowest BCUT2D eigenvalue weighted by Crippen LogP contribution is -2.58. The Bertz CT molecular complexity index is 314. The highest BCUT2D eigenvalue weighted by molar-refractivity contribution is 5.85. The van der Waals surface area contributed by atoms with Crippen molar-refractivity contribution in [2.45, 2.75) is 19.8 Å². The fraction of sp³-hybridized carbons (Fsp3) is 0.846. The lowest BCUT2D eigenvalue weighted by molar-refractivity contribution is -0.139. The summed E-state index contributed by atoms with van der Waals surface area (Å²) >= 11 is 0. The molecule has 2 unspecified atom stereocenters. The largest absolute Gasteiger partial charge is 0.481 e. The number of piperidine rings is 2. The Kier molecular flexibility index (Phi) is 4.35. The smallest absolute Gasteiger partial charge is 0.304 e. The van der Waals surface area contributed by atoms with Gasteiger partial charge >= 0.3 is 5.97 Å². The molecule has 2 fully saturated rings. The van der Waals surface area contributed by atoms with E-state index in [0.29, 0.717) is 12.3 Å². The van der Waals surface area contributed by atoms with Crippen molar-refractivity contribution in [3.8, 4) is 0 Å². The van der Waals surface area contributed by atoms with Crippen LogP contribution in [0.25, 0.3) is 0 Å². The highest BCUT2D eigenvalue weighted by Gasteiger charge is 2.40. The van der Waals surface area contributed by atoms with Crippen LogP contribution in [0.2, 0.25) is 0 Å². The molecule has 102 valence electrons. The quantitative estimate of drug-likeness (QED) is 0.765. The van der Waals surface area contributed by atoms with Gasteiger partial charge in [0.1, 0.15) is 5.78 Å². The molecule has 0 aliphatic carbocycles. The number of likely N-dealkylation sites (tertiary alicyclic amines) is 2. The topological polar surface area (TPSA) is 60.9 Å². The van der Waals surface area contributed by atoms with Gasteiger partial charge in [-0.2, -0.15) is 0 Å². The minimum Gasteiger partial charge on any atom is -0.481 e. The highest BCUT2D eigenvalue weighted by atomic mass is 16.4. The first-order chi connectivity index (χ1) is 8.60. The van der Waals surface area contributed by atoms with Crippen LogP contribution in [0.3, 0.4) is 0 Å². The molecule has 0 aromatic carbocycles. The van der Waals surface area contributed by atoms with E-state index in [9.17, 15) is 9.59 Å². The molecule has 18 heavy (non-hydrogen) atoms. The molecule has 2 heterocycles. The van der Waals surface area contributed by atoms with Gasteiger partial charge in [0.05, 0.1) is 6.42 Å². The van der Waals surface area contributed by atoms with Gasteiger partial charge in [-0.15, -0.1) is 0 Å². The molecule has 0 saturated carbocycles. The van der Waals surface area contributed by atoms with Crippen LogP contribution in [0, 0.1) is 11.8 Å². The molecule has 2 bridgehead atoms. The van der Waals surface area contributed by atoms with Crippen LogP contribution < -0.4 is 0 Å². The summed E-state index contributed by atoms with van der Waals surface area (Å²) < 4.78 is 0. The second-order valence-corrected chi connectivity index (χ2v) is 5.46. The SMILES string of the molecule is CCCN1CC2CN(CCC(=O)O)CC(C1)C2=O. The van der Waals surface area contributed by atoms with Crippen LogP contribution in [-0.2, 0) is 9.59 Å². The zero-order valence-corrected chi connectivity index (χ0v) is 11.0. The van der Waals surface area contributed by atoms with Gasteiger partial charge in [0.15, 0.2) is 0 Å². The first kappa shape index (κ1) is 13.5. The molecule has 0 aromatic rings. The molecule has 5 heteroatoms. The van der Waals surface area contributed by atoms with E-state index < -0.39 is 5.97 Å². The molecule has 2 aliphatic heterocycles. The van der Waals surface area contributed by atoms with E-state index in [1.54, 1.807) is 0 Å². The number of hydrogen-bond acceptors (Lipinski definition) is 4. The number of carbonyl (C=O) groups is 2. The fourth-order valence-corrected chi connectivity index (χ4v) is 3.14. The Labute approximate surface area is 108 Å². The van der Waals surface area contributed by atoms with Crippen molar-refractivity contribution < 1.29 is 14.7 Å². The van der Waals surface area contributed by atoms with Crippen molar-refractivity contribution in [2.24, 2.45) is 11.8 Å². The summed E-state index contributed by atoms with van der Waals surface area (Å²) in [5, 5.41) is 8.71. The fourth-order valence-electron chi connectivity index (χ4n) is 3.14. The average molecular weight is 254 g/mol. The Balaban J connectivity index is 1.91. The summed E-state index contributed by atoms with van der Waals surface area (Å²) in [6, 6.07) is 0. The second-order valence-electron chi connectivity index (χ2n) is 5.46. The summed E-state index contributed by atoms with van der Waals surface area (Å²) in [5.74, 6) is -0.172. The van der Waals surface area contributed by atoms with Gasteiger partial charge in [-0.3, -0.25) is 9.59 Å². The lowest BCUT2D eigenvalue weighted by Gasteiger charge is -2.44. The molecule has 0 aromatic heterocycles. The third-order valence-corrected chi connectivity index (χ3v) is 3.90. The normalized spacial score (nSPS) is 29.5. The molecule has 0 radical (unpaired) electrons. The second kappa shape index (κ2) is 5.80. The van der Waals surface area contributed by atoms with Gasteiger partial charge in [0.25, 0.3) is 0 Å². The first-order valence-corrected chi connectivity index (χ1v) is 6.80. The summed E-state index contributed by atoms with van der Waals surface area (Å²) in [5.41, 5.74) is 0. The first-order valence-electron chi connectivity index (χ1n) is 6.80. The van der Waals surface area contributed by atoms with Crippen LogP contribution in [0.5, 0.6) is 0 Å². The van der Waals surface area contributed by atoms with E-state index in [2.05, 4.69) is 16.7 Å². The van der Waals surface area contributed by atoms with Crippen molar-refractivity contribution in [1.82, 2.24) is 9.80 Å². The lowest BCUT2D eigenvalue weighted by atomic mass is 9.83. The number of carbonyl (C=O) groups excluding carboxylic acids is 1. The number of ketones is 1. The van der Waals surface area contributed by atoms with Crippen molar-refractivity contribution >= 4 is 11.8 Å². The zero-order chi connectivity index (χ0) is 13.1. The van der Waals surface area contributed by atoms with Gasteiger partial charge < -0.3 is 14.9 Å². The molecule has 2 aliphatic rings. The Hall–Kier alpha value is -0.940. The van der Waals surface area contributed by atoms with Crippen LogP contribution in [0.1, 0.15) is 19.8 Å². The standard InChI is InChI=1S/C13H22N2O3/c1-2-4-14-6-10-8-15(5-3-12(16)17)9-11(7-14)13(10)18/h10-11H,2-9H2,1H3,(H,16,17). The third kappa shape index (κ3) is 3.09. The molecule has 0 amide bonds. The Morgan fingerprint density at radius 3 is 2.11 bits per heavy atom. The van der Waals surface area contributed by atoms with E-state index in [1.807, 2.05) is 0 Å². The number of fused-ring (bicyclic) bond motifs is 2. The molecule has 0 spiro atoms. The van der Waals surface area contributed by atoms with E-state index in [4.69, 9.17) is 5.11 Å². The van der Waals surface area contributed by atoms with E-state index >= 15 is 0 Å². The van der Waals surface area contributed by atoms with Crippen LogP contribution in [0.4, 0.5) is 0 Å². The van der Waals surface area contributed by atoms with Gasteiger partial charge in [-0.05, 0) is 13.0 Å². The van der Waals surface area contributed by atoms with E-state index in [0.717, 1.165) is 39.1 Å². The summed E-state index contributed by atoms with van der Waals surface area (Å²) in [6.45, 7) is 6.98. The number of carboxylic acids is 1. The van der Waals surface area contributed by atoms with E-state index in [-0.39, 0.29) is 18.3 Å². The maximum Gasteiger partial charge on any atom is 0.304 e. The summed E-state index contributed by atoms with van der Waals surface area (Å²) in [7, 11) is 0. The van der Waals surface area contributed by atoms with Crippen molar-refractivity contribution in [3.05, 3.63) is 0 Å². The van der Waals surface area contributed by atoms with E-state index in [1.165, 1.54) is 0 Å². The molecule has 2 atom stereocenters. The Morgan fingerprint density at radius 1 is 1.17 bits per heavy atom. The van der Waals surface area contributed by atoms with Gasteiger partial charge in [-0.1, -0.05) is 6.92 Å². The number of hydrogen-bond donors (Lipinski definition) is 1. The highest BCUT2D eigenvalue weighted by Crippen LogP contribution is 2.25. The monoisotopic (exact) mass is 254 g/mol. The van der Waals surface area contributed by atoms with Gasteiger partial charge in [0, 0.05) is 44.6 Å². The molecule has 1 N–H and O–H groups in total. The maximum atomic E-state index is 12.1. The number of nitrogens with zero attached hydrogens (tertiary/aromatic N) is 2. The predicted octanol–water partition coefficient (Wildman–Crippen LogP) is 0.304. The predicted molar refractivity (Wildman–Crippen MR) is 67.4 cm³/mol. The number of carboxylic acid groups (broad SMARTS) is 1. The molecule has 5 nitrogen and oxygen atoms in total. The molecular formula is C13H22N2O3. The number of rotatable bonds is 5. The Morgan fingerprint density at radius 2 is 1.67 bits per heavy atom. The van der Waals surface area contributed by atoms with Crippen LogP contribution >= 0.6 is 0 Å². The summed E-state index contributed by atoms with van der Waals surface area (Å²) in [6.07, 6.45) is 1.29. The number of aliphatic carboxylic acids is 1. The summed E-state index contributed by atoms with van der Waals surface area (Å²) in [4.78, 5) is 27.2. The van der Waals surface area contributed by atoms with Crippen LogP contribution in [0.15, 0.2) is 0 Å². The minimum atomic E-state index is -0.760. The zero-order valence-electron chi connectivity index (χ0n) is 11.0. The average Bonchev–Trinajstić information content (AvgIpc) is 2.28. The molecule has 2 saturated heterocycles. The molecule has 2 rings (SSSR count). The van der Waals surface area contributed by atoms with Crippen LogP contribution in [-0.4, -0.2) is 65.9 Å². The van der Waals surface area contributed by atoms with Gasteiger partial charge in [0.2, 0.25) is 0 Å². The van der Waals surface area contributed by atoms with Crippen molar-refractivity contribution in [3.63, 3.8) is 0 Å². The molecular weight excluding hydrogens is 232 g/mol. The minimum absolute atomic E-state index is 0.0952. The van der Waals surface area contributed by atoms with Crippen molar-refractivity contribution in [1.29, 1.82) is 0 Å². The number of Topliss-reactive ketones (excluding diaryl/α,β-unsaturated/α-hetero) is 1.